The van der Waals surface area contributed by atoms with Gasteiger partial charge in [-0.2, -0.15) is 0 Å². The highest BCUT2D eigenvalue weighted by Crippen LogP contribution is 2.42. The average Bonchev–Trinajstić information content (AvgIpc) is 3.87. The summed E-state index contributed by atoms with van der Waals surface area (Å²) in [7, 11) is 0. The number of aromatic nitrogens is 6. The van der Waals surface area contributed by atoms with Crippen molar-refractivity contribution in [2.75, 3.05) is 13.1 Å². The Morgan fingerprint density at radius 2 is 1.68 bits per heavy atom. The van der Waals surface area contributed by atoms with Crippen molar-refractivity contribution in [3.63, 3.8) is 0 Å². The Morgan fingerprint density at radius 1 is 0.818 bits per heavy atom. The predicted molar refractivity (Wildman–Crippen MR) is 185 cm³/mol. The van der Waals surface area contributed by atoms with Gasteiger partial charge in [0.25, 0.3) is 0 Å². The van der Waals surface area contributed by atoms with Crippen molar-refractivity contribution in [3.8, 4) is 16.1 Å². The lowest BCUT2D eigenvalue weighted by Crippen LogP contribution is -2.29. The number of piperidine rings is 1. The van der Waals surface area contributed by atoms with E-state index in [1.807, 2.05) is 12.1 Å². The number of hydrogen-bond donors (Lipinski definition) is 0. The van der Waals surface area contributed by atoms with Crippen LogP contribution < -0.4 is 0 Å². The smallest absolute Gasteiger partial charge is 0.202 e. The second kappa shape index (κ2) is 12.7. The monoisotopic (exact) mass is 669 g/mol. The molecule has 0 atom stereocenters. The molecule has 1 fully saturated rings. The topological polar surface area (TPSA) is 72.6 Å². The molecule has 5 aromatic heterocycles. The summed E-state index contributed by atoms with van der Waals surface area (Å²) in [4.78, 5) is 19.9. The van der Waals surface area contributed by atoms with E-state index in [9.17, 15) is 0 Å². The maximum absolute atomic E-state index is 5.22. The van der Waals surface area contributed by atoms with E-state index in [1.54, 1.807) is 57.5 Å². The zero-order valence-corrected chi connectivity index (χ0v) is 27.7. The maximum atomic E-state index is 5.22. The van der Waals surface area contributed by atoms with Crippen molar-refractivity contribution < 1.29 is 0 Å². The van der Waals surface area contributed by atoms with Crippen molar-refractivity contribution >= 4 is 78.0 Å². The molecule has 0 aliphatic carbocycles. The third kappa shape index (κ3) is 5.82. The Kier molecular flexibility index (Phi) is 8.18. The first kappa shape index (κ1) is 28.4. The lowest BCUT2D eigenvalue weighted by atomic mass is 10.1. The van der Waals surface area contributed by atoms with Gasteiger partial charge in [0.05, 0.1) is 27.9 Å². The van der Waals surface area contributed by atoms with E-state index in [-0.39, 0.29) is 0 Å². The molecule has 1 aliphatic rings. The van der Waals surface area contributed by atoms with Crippen LogP contribution in [0.25, 0.3) is 36.6 Å². The number of nitrogens with zero attached hydrogens (tertiary/aromatic N) is 7. The van der Waals surface area contributed by atoms with E-state index in [4.69, 9.17) is 25.1 Å². The van der Waals surface area contributed by atoms with Crippen LogP contribution in [0.1, 0.15) is 30.9 Å². The van der Waals surface area contributed by atoms with Crippen molar-refractivity contribution in [3.05, 3.63) is 89.1 Å². The van der Waals surface area contributed by atoms with Gasteiger partial charge in [0, 0.05) is 21.5 Å². The number of hydrogen-bond acceptors (Lipinski definition) is 11. The Balaban J connectivity index is 1.18. The summed E-state index contributed by atoms with van der Waals surface area (Å²) in [6, 6.07) is 22.9. The molecular formula is C32H27N7S5. The summed E-state index contributed by atoms with van der Waals surface area (Å²) in [6.45, 7) is 2.98. The second-order valence-electron chi connectivity index (χ2n) is 10.5. The van der Waals surface area contributed by atoms with Gasteiger partial charge in [-0.05, 0) is 73.4 Å². The quantitative estimate of drug-likeness (QED) is 0.111. The van der Waals surface area contributed by atoms with Crippen molar-refractivity contribution in [1.82, 2.24) is 34.6 Å². The number of thioether (sulfide) groups is 1. The molecule has 7 aromatic rings. The maximum Gasteiger partial charge on any atom is 0.202 e. The van der Waals surface area contributed by atoms with E-state index in [0.717, 1.165) is 67.2 Å². The molecule has 12 heteroatoms. The number of rotatable bonds is 9. The van der Waals surface area contributed by atoms with Crippen LogP contribution in [-0.4, -0.2) is 47.7 Å². The van der Waals surface area contributed by atoms with Crippen LogP contribution in [0.4, 0.5) is 0 Å². The Hall–Kier alpha value is -3.13. The zero-order valence-electron chi connectivity index (χ0n) is 23.6. The summed E-state index contributed by atoms with van der Waals surface area (Å²) < 4.78 is 4.39. The highest BCUT2D eigenvalue weighted by molar-refractivity contribution is 8.00. The molecule has 44 heavy (non-hydrogen) atoms. The number of thiophene rings is 2. The molecule has 0 amide bonds. The molecular weight excluding hydrogens is 643 g/mol. The molecule has 0 spiro atoms. The third-order valence-electron chi connectivity index (χ3n) is 7.55. The molecule has 1 saturated heterocycles. The predicted octanol–water partition coefficient (Wildman–Crippen LogP) is 9.04. The van der Waals surface area contributed by atoms with Gasteiger partial charge in [0.15, 0.2) is 4.34 Å². The molecule has 0 N–H and O–H groups in total. The first-order valence-electron chi connectivity index (χ1n) is 14.5. The lowest BCUT2D eigenvalue weighted by Gasteiger charge is -2.25. The number of fused-ring (bicyclic) bond motifs is 2. The van der Waals surface area contributed by atoms with E-state index >= 15 is 0 Å². The lowest BCUT2D eigenvalue weighted by molar-refractivity contribution is 0.216. The number of thiazole rings is 1. The Labute approximate surface area is 275 Å². The molecule has 220 valence electrons. The van der Waals surface area contributed by atoms with E-state index in [0.29, 0.717) is 5.75 Å². The van der Waals surface area contributed by atoms with Crippen molar-refractivity contribution in [2.45, 2.75) is 46.1 Å². The fourth-order valence-electron chi connectivity index (χ4n) is 5.45. The van der Waals surface area contributed by atoms with Crippen LogP contribution in [0.5, 0.6) is 0 Å². The second-order valence-corrected chi connectivity index (χ2v) is 15.5. The molecule has 8 rings (SSSR count). The minimum atomic E-state index is 0.653. The minimum absolute atomic E-state index is 0.653. The van der Waals surface area contributed by atoms with Crippen LogP contribution in [0, 0.1) is 0 Å². The van der Waals surface area contributed by atoms with Crippen LogP contribution in [0.2, 0.25) is 0 Å². The third-order valence-corrected chi connectivity index (χ3v) is 12.4. The van der Waals surface area contributed by atoms with Gasteiger partial charge in [0.1, 0.15) is 21.5 Å². The molecule has 2 aromatic carbocycles. The largest absolute Gasteiger partial charge is 0.296 e. The fraction of sp³-hybridized carbons (Fsp3) is 0.219. The number of benzene rings is 2. The van der Waals surface area contributed by atoms with Gasteiger partial charge < -0.3 is 0 Å². The van der Waals surface area contributed by atoms with Crippen molar-refractivity contribution in [2.24, 2.45) is 0 Å². The van der Waals surface area contributed by atoms with Gasteiger partial charge in [0.2, 0.25) is 5.16 Å². The van der Waals surface area contributed by atoms with Crippen LogP contribution in [0.3, 0.4) is 0 Å². The van der Waals surface area contributed by atoms with E-state index in [2.05, 4.69) is 74.8 Å². The van der Waals surface area contributed by atoms with Gasteiger partial charge in [-0.25, -0.2) is 15.0 Å². The zero-order chi connectivity index (χ0) is 29.3. The number of para-hydroxylation sites is 2. The van der Waals surface area contributed by atoms with Crippen LogP contribution in [0.15, 0.2) is 92.0 Å². The SMILES string of the molecule is c1ccc(-n2c(CSc3nc4ccccc4s3)nnc2Sc2nc(CN3CCCCC3)nc3scc(-c4cccs4)c23)cc1. The normalized spacial score (nSPS) is 14.2. The van der Waals surface area contributed by atoms with E-state index < -0.39 is 0 Å². The van der Waals surface area contributed by atoms with Crippen LogP contribution >= 0.6 is 57.5 Å². The highest BCUT2D eigenvalue weighted by atomic mass is 32.2. The highest BCUT2D eigenvalue weighted by Gasteiger charge is 2.23. The first-order valence-corrected chi connectivity index (χ1v) is 18.9. The van der Waals surface area contributed by atoms with Gasteiger partial charge in [-0.3, -0.25) is 9.47 Å². The minimum Gasteiger partial charge on any atom is -0.296 e. The van der Waals surface area contributed by atoms with Gasteiger partial charge in [-0.15, -0.1) is 44.2 Å². The summed E-state index contributed by atoms with van der Waals surface area (Å²) in [5.74, 6) is 2.41. The molecule has 1 aliphatic heterocycles. The molecule has 0 bridgehead atoms. The summed E-state index contributed by atoms with van der Waals surface area (Å²) in [6.07, 6.45) is 3.79. The van der Waals surface area contributed by atoms with Gasteiger partial charge in [-0.1, -0.05) is 54.6 Å². The first-order chi connectivity index (χ1) is 21.8. The standard InChI is InChI=1S/C32H27N7S5/c1-3-10-21(11-4-1)39-27(20-42-32-33-23-12-5-6-13-25(23)43-32)36-37-31(39)44-30-28-22(24-14-9-17-40-24)19-41-29(28)34-26(35-30)18-38-15-7-2-8-16-38/h1,3-6,9-14,17,19H,2,7-8,15-16,18,20H2. The summed E-state index contributed by atoms with van der Waals surface area (Å²) in [5.41, 5.74) is 3.25. The molecule has 0 saturated carbocycles. The van der Waals surface area contributed by atoms with Crippen LogP contribution in [-0.2, 0) is 12.3 Å². The Bertz CT molecular complexity index is 1990. The molecule has 0 unspecified atom stereocenters. The van der Waals surface area contributed by atoms with E-state index in [1.165, 1.54) is 34.4 Å². The number of likely N-dealkylation sites (tertiary alicyclic amines) is 1. The van der Waals surface area contributed by atoms with Gasteiger partial charge >= 0.3 is 0 Å². The molecule has 7 nitrogen and oxygen atoms in total. The summed E-state index contributed by atoms with van der Waals surface area (Å²) in [5, 5.41) is 16.6. The molecule has 0 radical (unpaired) electrons. The average molecular weight is 670 g/mol. The summed E-state index contributed by atoms with van der Waals surface area (Å²) >= 11 is 8.45. The fourth-order valence-corrected chi connectivity index (χ4v) is 10.3. The molecule has 6 heterocycles. The Morgan fingerprint density at radius 3 is 2.52 bits per heavy atom. The van der Waals surface area contributed by atoms with Crippen molar-refractivity contribution in [1.29, 1.82) is 0 Å².